The summed E-state index contributed by atoms with van der Waals surface area (Å²) in [6.07, 6.45) is 5.19. The van der Waals surface area contributed by atoms with Gasteiger partial charge in [0, 0.05) is 19.1 Å². The van der Waals surface area contributed by atoms with Crippen LogP contribution in [0.4, 0.5) is 0 Å². The van der Waals surface area contributed by atoms with Crippen LogP contribution in [0.1, 0.15) is 57.2 Å². The Morgan fingerprint density at radius 1 is 1.15 bits per heavy atom. The first-order valence-electron chi connectivity index (χ1n) is 10.1. The van der Waals surface area contributed by atoms with Gasteiger partial charge in [-0.1, -0.05) is 20.8 Å². The zero-order valence-electron chi connectivity index (χ0n) is 16.7. The Morgan fingerprint density at radius 3 is 2.62 bits per heavy atom. The summed E-state index contributed by atoms with van der Waals surface area (Å²) in [5, 5.41) is 0. The second kappa shape index (κ2) is 7.05. The van der Waals surface area contributed by atoms with Crippen LogP contribution in [0.2, 0.25) is 0 Å². The highest BCUT2D eigenvalue weighted by molar-refractivity contribution is 5.49. The molecule has 4 rings (SSSR count). The molecule has 2 atom stereocenters. The monoisotopic (exact) mass is 359 g/mol. The summed E-state index contributed by atoms with van der Waals surface area (Å²) >= 11 is 0. The molecule has 0 N–H and O–H groups in total. The summed E-state index contributed by atoms with van der Waals surface area (Å²) in [5.41, 5.74) is 3.32. The molecule has 3 aliphatic rings. The highest BCUT2D eigenvalue weighted by atomic mass is 16.6. The van der Waals surface area contributed by atoms with Crippen molar-refractivity contribution in [3.05, 3.63) is 23.3 Å². The smallest absolute Gasteiger partial charge is 0.162 e. The van der Waals surface area contributed by atoms with Crippen LogP contribution in [-0.4, -0.2) is 44.4 Å². The third-order valence-corrected chi connectivity index (χ3v) is 6.04. The number of piperidine rings is 1. The van der Waals surface area contributed by atoms with Gasteiger partial charge in [0.05, 0.1) is 20.3 Å². The maximum atomic E-state index is 6.08. The van der Waals surface area contributed by atoms with Gasteiger partial charge in [0.1, 0.15) is 6.10 Å². The number of hydrogen-bond acceptors (Lipinski definition) is 4. The number of methoxy groups -OCH3 is 1. The summed E-state index contributed by atoms with van der Waals surface area (Å²) in [6, 6.07) is 5.01. The maximum Gasteiger partial charge on any atom is 0.162 e. The van der Waals surface area contributed by atoms with Crippen molar-refractivity contribution in [3.8, 4) is 11.5 Å². The van der Waals surface area contributed by atoms with E-state index in [0.717, 1.165) is 30.4 Å². The normalized spacial score (nSPS) is 26.6. The fourth-order valence-electron chi connectivity index (χ4n) is 4.88. The van der Waals surface area contributed by atoms with Gasteiger partial charge in [0.15, 0.2) is 11.5 Å². The molecule has 0 aliphatic carbocycles. The molecular formula is C22H33NO3. The van der Waals surface area contributed by atoms with Crippen LogP contribution in [0.5, 0.6) is 11.5 Å². The van der Waals surface area contributed by atoms with Gasteiger partial charge in [-0.15, -0.1) is 0 Å². The molecule has 0 aromatic heterocycles. The molecule has 2 saturated heterocycles. The van der Waals surface area contributed by atoms with E-state index in [-0.39, 0.29) is 6.10 Å². The van der Waals surface area contributed by atoms with Crippen LogP contribution < -0.4 is 9.47 Å². The molecule has 2 fully saturated rings. The van der Waals surface area contributed by atoms with E-state index in [4.69, 9.17) is 14.2 Å². The Labute approximate surface area is 157 Å². The SMILES string of the molecule is COc1cc2c(cc1OC1COC1)CCN1CC(CC(C)(C)C)CCC21. The molecule has 0 bridgehead atoms. The number of ether oxygens (including phenoxy) is 3. The average Bonchev–Trinajstić information content (AvgIpc) is 2.55. The third kappa shape index (κ3) is 3.72. The molecule has 0 saturated carbocycles. The lowest BCUT2D eigenvalue weighted by atomic mass is 9.77. The summed E-state index contributed by atoms with van der Waals surface area (Å²) in [6.45, 7) is 10.9. The van der Waals surface area contributed by atoms with Crippen LogP contribution in [-0.2, 0) is 11.2 Å². The van der Waals surface area contributed by atoms with Gasteiger partial charge in [-0.05, 0) is 60.3 Å². The summed E-state index contributed by atoms with van der Waals surface area (Å²) in [5.74, 6) is 2.58. The Hall–Kier alpha value is -1.26. The molecule has 3 aliphatic heterocycles. The first kappa shape index (κ1) is 18.1. The lowest BCUT2D eigenvalue weighted by molar-refractivity contribution is -0.0804. The van der Waals surface area contributed by atoms with E-state index in [9.17, 15) is 0 Å². The number of rotatable bonds is 4. The van der Waals surface area contributed by atoms with Crippen molar-refractivity contribution < 1.29 is 14.2 Å². The first-order valence-corrected chi connectivity index (χ1v) is 10.1. The average molecular weight is 360 g/mol. The molecule has 4 heteroatoms. The van der Waals surface area contributed by atoms with E-state index in [1.807, 2.05) is 0 Å². The minimum Gasteiger partial charge on any atom is -0.493 e. The van der Waals surface area contributed by atoms with E-state index in [0.29, 0.717) is 24.7 Å². The molecule has 1 aromatic carbocycles. The van der Waals surface area contributed by atoms with Gasteiger partial charge in [0.2, 0.25) is 0 Å². The van der Waals surface area contributed by atoms with Gasteiger partial charge in [-0.25, -0.2) is 0 Å². The van der Waals surface area contributed by atoms with Gasteiger partial charge in [-0.3, -0.25) is 4.90 Å². The van der Waals surface area contributed by atoms with Gasteiger partial charge in [-0.2, -0.15) is 0 Å². The Balaban J connectivity index is 1.52. The summed E-state index contributed by atoms with van der Waals surface area (Å²) < 4.78 is 17.0. The van der Waals surface area contributed by atoms with Gasteiger partial charge < -0.3 is 14.2 Å². The van der Waals surface area contributed by atoms with Crippen molar-refractivity contribution in [2.24, 2.45) is 11.3 Å². The molecule has 0 spiro atoms. The van der Waals surface area contributed by atoms with Crippen molar-refractivity contribution in [1.29, 1.82) is 0 Å². The van der Waals surface area contributed by atoms with Crippen molar-refractivity contribution >= 4 is 0 Å². The topological polar surface area (TPSA) is 30.9 Å². The van der Waals surface area contributed by atoms with Crippen molar-refractivity contribution in [2.45, 2.75) is 58.6 Å². The summed E-state index contributed by atoms with van der Waals surface area (Å²) in [7, 11) is 1.74. The van der Waals surface area contributed by atoms with E-state index in [2.05, 4.69) is 37.8 Å². The van der Waals surface area contributed by atoms with Gasteiger partial charge >= 0.3 is 0 Å². The quantitative estimate of drug-likeness (QED) is 0.805. The predicted molar refractivity (Wildman–Crippen MR) is 103 cm³/mol. The third-order valence-electron chi connectivity index (χ3n) is 6.04. The van der Waals surface area contributed by atoms with E-state index in [1.54, 1.807) is 7.11 Å². The summed E-state index contributed by atoms with van der Waals surface area (Å²) in [4.78, 5) is 2.71. The van der Waals surface area contributed by atoms with Crippen LogP contribution in [0.15, 0.2) is 12.1 Å². The number of nitrogens with zero attached hydrogens (tertiary/aromatic N) is 1. The van der Waals surface area contributed by atoms with Crippen molar-refractivity contribution in [1.82, 2.24) is 4.90 Å². The zero-order chi connectivity index (χ0) is 18.3. The van der Waals surface area contributed by atoms with E-state index < -0.39 is 0 Å². The molecule has 3 heterocycles. The lowest BCUT2D eigenvalue weighted by Crippen LogP contribution is -2.43. The van der Waals surface area contributed by atoms with E-state index >= 15 is 0 Å². The van der Waals surface area contributed by atoms with Crippen molar-refractivity contribution in [2.75, 3.05) is 33.4 Å². The standard InChI is InChI=1S/C22H33NO3/c1-22(2,3)11-15-5-6-19-18-10-20(24-4)21(26-17-13-25-14-17)9-16(18)7-8-23(19)12-15/h9-10,15,17,19H,5-8,11-14H2,1-4H3. The highest BCUT2D eigenvalue weighted by Gasteiger charge is 2.35. The molecule has 2 unspecified atom stereocenters. The molecule has 1 aromatic rings. The Morgan fingerprint density at radius 2 is 1.96 bits per heavy atom. The second-order valence-corrected chi connectivity index (χ2v) is 9.45. The largest absolute Gasteiger partial charge is 0.493 e. The van der Waals surface area contributed by atoms with Crippen LogP contribution in [0, 0.1) is 11.3 Å². The Kier molecular flexibility index (Phi) is 4.91. The first-order chi connectivity index (χ1) is 12.4. The molecule has 4 nitrogen and oxygen atoms in total. The predicted octanol–water partition coefficient (Wildman–Crippen LogP) is 4.22. The molecule has 0 amide bonds. The van der Waals surface area contributed by atoms with Crippen LogP contribution >= 0.6 is 0 Å². The number of hydrogen-bond donors (Lipinski definition) is 0. The lowest BCUT2D eigenvalue weighted by Gasteiger charge is -2.45. The fraction of sp³-hybridized carbons (Fsp3) is 0.727. The van der Waals surface area contributed by atoms with E-state index in [1.165, 1.54) is 36.9 Å². The van der Waals surface area contributed by atoms with Crippen molar-refractivity contribution in [3.63, 3.8) is 0 Å². The maximum absolute atomic E-state index is 6.08. The van der Waals surface area contributed by atoms with Crippen LogP contribution in [0.25, 0.3) is 0 Å². The molecule has 0 radical (unpaired) electrons. The van der Waals surface area contributed by atoms with Gasteiger partial charge in [0.25, 0.3) is 0 Å². The Bertz CT molecular complexity index is 648. The minimum atomic E-state index is 0.176. The number of fused-ring (bicyclic) bond motifs is 3. The fourth-order valence-corrected chi connectivity index (χ4v) is 4.88. The molecular weight excluding hydrogens is 326 g/mol. The highest BCUT2D eigenvalue weighted by Crippen LogP contribution is 2.44. The van der Waals surface area contributed by atoms with Crippen LogP contribution in [0.3, 0.4) is 0 Å². The minimum absolute atomic E-state index is 0.176. The zero-order valence-corrected chi connectivity index (χ0v) is 16.7. The second-order valence-electron chi connectivity index (χ2n) is 9.45. The molecule has 26 heavy (non-hydrogen) atoms. The molecule has 144 valence electrons. The number of benzene rings is 1.